The van der Waals surface area contributed by atoms with Gasteiger partial charge in [-0.3, -0.25) is 4.79 Å². The summed E-state index contributed by atoms with van der Waals surface area (Å²) in [5.41, 5.74) is 4.26. The van der Waals surface area contributed by atoms with Gasteiger partial charge in [-0.05, 0) is 32.6 Å². The molecular weight excluding hydrogens is 283 g/mol. The van der Waals surface area contributed by atoms with Crippen molar-refractivity contribution in [2.75, 3.05) is 6.61 Å². The number of alkyl carbamates (subject to hydrolysis) is 1. The molecule has 0 saturated heterocycles. The minimum absolute atomic E-state index is 0.543. The summed E-state index contributed by atoms with van der Waals surface area (Å²) in [5, 5.41) is 2.13. The van der Waals surface area contributed by atoms with Gasteiger partial charge in [0.25, 0.3) is 0 Å². The minimum Gasteiger partial charge on any atom is -0.444 e. The van der Waals surface area contributed by atoms with Crippen molar-refractivity contribution in [1.29, 1.82) is 0 Å². The number of amides is 2. The highest BCUT2D eigenvalue weighted by atomic mass is 32.5. The van der Waals surface area contributed by atoms with Gasteiger partial charge in [0.05, 0.1) is 6.61 Å². The lowest BCUT2D eigenvalue weighted by molar-refractivity contribution is -0.120. The summed E-state index contributed by atoms with van der Waals surface area (Å²) in [4.78, 5) is 40.0. The maximum atomic E-state index is 11.4. The highest BCUT2D eigenvalue weighted by molar-refractivity contribution is 8.06. The van der Waals surface area contributed by atoms with E-state index < -0.39 is 37.0 Å². The van der Waals surface area contributed by atoms with E-state index in [0.29, 0.717) is 0 Å². The molecule has 2 amide bonds. The first kappa shape index (κ1) is 17.3. The van der Waals surface area contributed by atoms with Crippen molar-refractivity contribution in [2.45, 2.75) is 32.4 Å². The molecule has 1 unspecified atom stereocenters. The van der Waals surface area contributed by atoms with Crippen molar-refractivity contribution in [1.82, 2.24) is 5.32 Å². The van der Waals surface area contributed by atoms with Crippen molar-refractivity contribution in [2.24, 2.45) is 5.73 Å². The van der Waals surface area contributed by atoms with Gasteiger partial charge in [-0.15, -0.1) is 0 Å². The van der Waals surface area contributed by atoms with E-state index in [4.69, 9.17) is 20.3 Å². The second-order valence-corrected chi connectivity index (χ2v) is 7.05. The van der Waals surface area contributed by atoms with Crippen LogP contribution in [0.15, 0.2) is 0 Å². The fourth-order valence-electron chi connectivity index (χ4n) is 0.816. The molecule has 0 aromatic heterocycles. The molecule has 0 aliphatic carbocycles. The normalized spacial score (nSPS) is 13.8. The van der Waals surface area contributed by atoms with E-state index >= 15 is 0 Å². The number of ether oxygens (including phenoxy) is 1. The van der Waals surface area contributed by atoms with E-state index in [-0.39, 0.29) is 0 Å². The Morgan fingerprint density at radius 3 is 2.28 bits per heavy atom. The Hall–Kier alpha value is -0.730. The Labute approximate surface area is 110 Å². The van der Waals surface area contributed by atoms with Crippen LogP contribution in [-0.4, -0.2) is 40.0 Å². The predicted molar refractivity (Wildman–Crippen MR) is 67.0 cm³/mol. The zero-order valence-corrected chi connectivity index (χ0v) is 12.0. The van der Waals surface area contributed by atoms with Crippen LogP contribution in [0, 0.1) is 0 Å². The van der Waals surface area contributed by atoms with Crippen LogP contribution in [0.4, 0.5) is 4.79 Å². The highest BCUT2D eigenvalue weighted by Gasteiger charge is 2.24. The summed E-state index contributed by atoms with van der Waals surface area (Å²) < 4.78 is 9.34. The van der Waals surface area contributed by atoms with E-state index in [9.17, 15) is 9.59 Å². The summed E-state index contributed by atoms with van der Waals surface area (Å²) in [6, 6.07) is -1.26. The molecule has 10 heteroatoms. The first-order valence-corrected chi connectivity index (χ1v) is 7.52. The quantitative estimate of drug-likeness (QED) is 0.507. The highest BCUT2D eigenvalue weighted by Crippen LogP contribution is 2.36. The molecule has 0 heterocycles. The van der Waals surface area contributed by atoms with Crippen molar-refractivity contribution in [3.63, 3.8) is 0 Å². The molecule has 8 nitrogen and oxygen atoms in total. The monoisotopic (exact) mass is 300 g/mol. The molecule has 0 aromatic carbocycles. The molecule has 0 spiro atoms. The summed E-state index contributed by atoms with van der Waals surface area (Å²) >= 11 is 4.20. The molecule has 0 bridgehead atoms. The number of carbonyl (C=O) groups is 2. The second kappa shape index (κ2) is 6.44. The molecule has 106 valence electrons. The minimum atomic E-state index is -3.91. The molecular formula is C8H17N2O6PS. The molecule has 5 N–H and O–H groups in total. The van der Waals surface area contributed by atoms with Gasteiger partial charge in [0, 0.05) is 0 Å². The van der Waals surface area contributed by atoms with Gasteiger partial charge < -0.3 is 30.1 Å². The molecule has 0 aliphatic rings. The van der Waals surface area contributed by atoms with Crippen molar-refractivity contribution in [3.8, 4) is 0 Å². The molecule has 0 aromatic rings. The van der Waals surface area contributed by atoms with Crippen LogP contribution in [-0.2, 0) is 25.9 Å². The van der Waals surface area contributed by atoms with E-state index in [1.54, 1.807) is 20.8 Å². The topological polar surface area (TPSA) is 131 Å². The van der Waals surface area contributed by atoms with Gasteiger partial charge in [0.1, 0.15) is 11.6 Å². The van der Waals surface area contributed by atoms with Crippen LogP contribution in [0.1, 0.15) is 20.8 Å². The Morgan fingerprint density at radius 1 is 1.44 bits per heavy atom. The molecule has 18 heavy (non-hydrogen) atoms. The van der Waals surface area contributed by atoms with E-state index in [1.165, 1.54) is 0 Å². The fourth-order valence-corrected chi connectivity index (χ4v) is 1.34. The smallest absolute Gasteiger partial charge is 0.408 e. The molecule has 0 aliphatic heterocycles. The van der Waals surface area contributed by atoms with Gasteiger partial charge >= 0.3 is 12.8 Å². The largest absolute Gasteiger partial charge is 0.444 e. The maximum Gasteiger partial charge on any atom is 0.408 e. The van der Waals surface area contributed by atoms with Gasteiger partial charge in [-0.2, -0.15) is 0 Å². The van der Waals surface area contributed by atoms with Crippen molar-refractivity contribution in [3.05, 3.63) is 0 Å². The summed E-state index contributed by atoms with van der Waals surface area (Å²) in [6.07, 6.45) is -0.876. The first-order valence-electron chi connectivity index (χ1n) is 4.89. The lowest BCUT2D eigenvalue weighted by Crippen LogP contribution is -2.48. The second-order valence-electron chi connectivity index (χ2n) is 4.39. The molecule has 0 rings (SSSR count). The molecule has 0 fully saturated rings. The van der Waals surface area contributed by atoms with E-state index in [0.717, 1.165) is 0 Å². The van der Waals surface area contributed by atoms with Gasteiger partial charge in [-0.1, -0.05) is 0 Å². The van der Waals surface area contributed by atoms with Crippen LogP contribution in [0.25, 0.3) is 0 Å². The average molecular weight is 300 g/mol. The summed E-state index contributed by atoms with van der Waals surface area (Å²) in [6.45, 7) is 0.474. The van der Waals surface area contributed by atoms with E-state index in [1.807, 2.05) is 0 Å². The van der Waals surface area contributed by atoms with Crippen LogP contribution in [0.2, 0.25) is 0 Å². The Bertz CT molecular complexity index is 363. The van der Waals surface area contributed by atoms with Gasteiger partial charge in [-0.25, -0.2) is 4.79 Å². The predicted octanol–water partition coefficient (Wildman–Crippen LogP) is -0.409. The van der Waals surface area contributed by atoms with Crippen molar-refractivity contribution >= 4 is 30.5 Å². The third-order valence-electron chi connectivity index (χ3n) is 1.44. The van der Waals surface area contributed by atoms with Crippen LogP contribution >= 0.6 is 6.72 Å². The zero-order chi connectivity index (χ0) is 14.6. The van der Waals surface area contributed by atoms with Gasteiger partial charge in [0.2, 0.25) is 5.91 Å². The molecule has 0 saturated carbocycles. The number of hydrogen-bond donors (Lipinski definition) is 4. The fraction of sp³-hybridized carbons (Fsp3) is 0.750. The van der Waals surface area contributed by atoms with Crippen LogP contribution < -0.4 is 11.1 Å². The van der Waals surface area contributed by atoms with Crippen molar-refractivity contribution < 1.29 is 28.6 Å². The number of nitrogens with two attached hydrogens (primary N) is 1. The first-order chi connectivity index (χ1) is 7.91. The third kappa shape index (κ3) is 9.32. The average Bonchev–Trinajstić information content (AvgIpc) is 2.06. The Kier molecular flexibility index (Phi) is 6.18. The summed E-state index contributed by atoms with van der Waals surface area (Å²) in [7, 11) is 0. The number of nitrogens with one attached hydrogen (secondary N) is 1. The number of primary amides is 1. The third-order valence-corrected chi connectivity index (χ3v) is 2.25. The van der Waals surface area contributed by atoms with Crippen LogP contribution in [0.5, 0.6) is 0 Å². The zero-order valence-electron chi connectivity index (χ0n) is 10.2. The number of carbonyl (C=O) groups excluding carboxylic acids is 2. The molecule has 0 radical (unpaired) electrons. The lowest BCUT2D eigenvalue weighted by Gasteiger charge is -2.22. The number of rotatable bonds is 5. The maximum absolute atomic E-state index is 11.4. The number of hydrogen-bond acceptors (Lipinski definition) is 5. The van der Waals surface area contributed by atoms with Gasteiger partial charge in [0.15, 0.2) is 0 Å². The van der Waals surface area contributed by atoms with E-state index in [2.05, 4.69) is 21.6 Å². The Morgan fingerprint density at radius 2 is 1.94 bits per heavy atom. The molecule has 1 atom stereocenters. The Balaban J connectivity index is 4.42. The summed E-state index contributed by atoms with van der Waals surface area (Å²) in [5.74, 6) is -0.913. The van der Waals surface area contributed by atoms with Crippen LogP contribution in [0.3, 0.4) is 0 Å². The standard InChI is InChI=1S/C8H17N2O6PS/c1-8(2,3)16-7(12)10-5(6(9)11)4-15-17(13,14)18/h5H,4H2,1-3H3,(H2,9,11)(H,10,12)(H2,13,14,18). The lowest BCUT2D eigenvalue weighted by atomic mass is 10.2. The SMILES string of the molecule is CC(C)(C)OC(=O)NC(COP(O)(O)=S)C(N)=O.